The molecule has 25 heavy (non-hydrogen) atoms. The molecular weight excluding hydrogens is 322 g/mol. The number of carbonyl (C=O) groups excluding carboxylic acids is 1. The van der Waals surface area contributed by atoms with Gasteiger partial charge in [0.25, 0.3) is 0 Å². The summed E-state index contributed by atoms with van der Waals surface area (Å²) >= 11 is 0. The smallest absolute Gasteiger partial charge is 0.409 e. The Kier molecular flexibility index (Phi) is 4.66. The highest BCUT2D eigenvalue weighted by molar-refractivity contribution is 5.85. The second kappa shape index (κ2) is 6.75. The number of amides is 1. The molecule has 3 heterocycles. The van der Waals surface area contributed by atoms with Crippen LogP contribution in [0.3, 0.4) is 0 Å². The predicted octanol–water partition coefficient (Wildman–Crippen LogP) is 2.36. The van der Waals surface area contributed by atoms with Crippen molar-refractivity contribution in [1.82, 2.24) is 15.1 Å². The fourth-order valence-corrected chi connectivity index (χ4v) is 3.96. The zero-order valence-corrected chi connectivity index (χ0v) is 14.6. The fourth-order valence-electron chi connectivity index (χ4n) is 3.96. The van der Waals surface area contributed by atoms with Gasteiger partial charge in [-0.3, -0.25) is 10.5 Å². The van der Waals surface area contributed by atoms with Gasteiger partial charge in [0, 0.05) is 29.8 Å². The number of carbonyl (C=O) groups is 1. The van der Waals surface area contributed by atoms with Gasteiger partial charge in [-0.05, 0) is 26.2 Å². The Balaban J connectivity index is 1.96. The number of aryl methyl sites for hydroxylation is 1. The number of nitriles is 1. The number of nitrogens with zero attached hydrogens (tertiary/aromatic N) is 3. The second-order valence-corrected chi connectivity index (χ2v) is 6.50. The number of piperidine rings is 1. The van der Waals surface area contributed by atoms with E-state index in [0.29, 0.717) is 38.4 Å². The molecule has 8 heteroatoms. The molecule has 1 unspecified atom stereocenters. The summed E-state index contributed by atoms with van der Waals surface area (Å²) in [5.41, 5.74) is 1.34. The lowest BCUT2D eigenvalue weighted by Gasteiger charge is -2.45. The molecule has 0 radical (unpaired) electrons. The van der Waals surface area contributed by atoms with Crippen LogP contribution in [0, 0.1) is 22.7 Å². The minimum absolute atomic E-state index is 0.0610. The number of H-pyrrole nitrogens is 1. The summed E-state index contributed by atoms with van der Waals surface area (Å²) in [6.07, 6.45) is 2.58. The maximum absolute atomic E-state index is 12.0. The molecule has 2 aliphatic heterocycles. The van der Waals surface area contributed by atoms with Gasteiger partial charge in [-0.1, -0.05) is 13.3 Å². The summed E-state index contributed by atoms with van der Waals surface area (Å²) < 4.78 is 10.6. The van der Waals surface area contributed by atoms with Crippen LogP contribution in [0.2, 0.25) is 0 Å². The van der Waals surface area contributed by atoms with Crippen molar-refractivity contribution in [3.8, 4) is 11.9 Å². The van der Waals surface area contributed by atoms with Crippen molar-refractivity contribution in [1.29, 1.82) is 10.7 Å². The van der Waals surface area contributed by atoms with Crippen LogP contribution in [0.1, 0.15) is 44.4 Å². The van der Waals surface area contributed by atoms with Crippen molar-refractivity contribution >= 4 is 12.0 Å². The van der Waals surface area contributed by atoms with Crippen LogP contribution < -0.4 is 4.74 Å². The lowest BCUT2D eigenvalue weighted by molar-refractivity contribution is 0.0803. The van der Waals surface area contributed by atoms with E-state index in [4.69, 9.17) is 14.9 Å². The summed E-state index contributed by atoms with van der Waals surface area (Å²) in [6.45, 7) is 5.17. The van der Waals surface area contributed by atoms with Crippen molar-refractivity contribution in [2.45, 2.75) is 44.9 Å². The number of hydrogen-bond donors (Lipinski definition) is 2. The van der Waals surface area contributed by atoms with Gasteiger partial charge in [-0.25, -0.2) is 4.79 Å². The molecule has 0 bridgehead atoms. The van der Waals surface area contributed by atoms with E-state index in [2.05, 4.69) is 23.2 Å². The largest absolute Gasteiger partial charge is 0.450 e. The van der Waals surface area contributed by atoms with E-state index in [-0.39, 0.29) is 12.0 Å². The van der Waals surface area contributed by atoms with Crippen molar-refractivity contribution in [3.63, 3.8) is 0 Å². The van der Waals surface area contributed by atoms with E-state index in [1.165, 1.54) is 0 Å². The summed E-state index contributed by atoms with van der Waals surface area (Å²) in [6, 6.07) is 2.26. The van der Waals surface area contributed by atoms with Crippen molar-refractivity contribution in [2.75, 3.05) is 19.7 Å². The molecule has 1 aromatic rings. The van der Waals surface area contributed by atoms with E-state index < -0.39 is 11.3 Å². The molecule has 1 amide bonds. The van der Waals surface area contributed by atoms with Crippen LogP contribution in [0.4, 0.5) is 4.79 Å². The second-order valence-electron chi connectivity index (χ2n) is 6.50. The molecule has 0 saturated carbocycles. The van der Waals surface area contributed by atoms with Gasteiger partial charge in [0.05, 0.1) is 12.7 Å². The molecular formula is C17H23N5O3. The van der Waals surface area contributed by atoms with Crippen LogP contribution in [0.25, 0.3) is 0 Å². The number of ether oxygens (including phenoxy) is 2. The Bertz CT molecular complexity index is 712. The van der Waals surface area contributed by atoms with Gasteiger partial charge < -0.3 is 14.4 Å². The molecule has 1 atom stereocenters. The predicted molar refractivity (Wildman–Crippen MR) is 89.5 cm³/mol. The van der Waals surface area contributed by atoms with Crippen LogP contribution in [-0.2, 0) is 16.6 Å². The Morgan fingerprint density at radius 2 is 2.24 bits per heavy atom. The fraction of sp³-hybridized carbons (Fsp3) is 0.647. The first-order valence-corrected chi connectivity index (χ1v) is 8.72. The molecule has 8 nitrogen and oxygen atoms in total. The molecule has 3 rings (SSSR count). The molecule has 2 aliphatic rings. The summed E-state index contributed by atoms with van der Waals surface area (Å²) in [5.74, 6) is -0.323. The summed E-state index contributed by atoms with van der Waals surface area (Å²) in [4.78, 5) is 13.7. The SMILES string of the molecule is CCCc1[nH]nc2c1C1(CCN(C(=O)OCC)CC1)C(C#N)C(=N)O2. The molecule has 1 spiro atoms. The van der Waals surface area contributed by atoms with Crippen LogP contribution in [-0.4, -0.2) is 46.8 Å². The van der Waals surface area contributed by atoms with E-state index in [1.54, 1.807) is 11.8 Å². The number of rotatable bonds is 3. The topological polar surface area (TPSA) is 115 Å². The van der Waals surface area contributed by atoms with Crippen molar-refractivity contribution in [2.24, 2.45) is 5.92 Å². The monoisotopic (exact) mass is 345 g/mol. The van der Waals surface area contributed by atoms with Crippen molar-refractivity contribution < 1.29 is 14.3 Å². The third-order valence-corrected chi connectivity index (χ3v) is 5.14. The zero-order valence-electron chi connectivity index (χ0n) is 14.6. The van der Waals surface area contributed by atoms with Gasteiger partial charge >= 0.3 is 6.09 Å². The number of likely N-dealkylation sites (tertiary alicyclic amines) is 1. The third-order valence-electron chi connectivity index (χ3n) is 5.14. The third kappa shape index (κ3) is 2.73. The highest BCUT2D eigenvalue weighted by atomic mass is 16.6. The lowest BCUT2D eigenvalue weighted by Crippen LogP contribution is -2.53. The Hall–Kier alpha value is -2.56. The molecule has 1 fully saturated rings. The molecule has 134 valence electrons. The maximum atomic E-state index is 12.0. The van der Waals surface area contributed by atoms with E-state index in [0.717, 1.165) is 24.1 Å². The van der Waals surface area contributed by atoms with E-state index >= 15 is 0 Å². The quantitative estimate of drug-likeness (QED) is 0.872. The van der Waals surface area contributed by atoms with E-state index in [9.17, 15) is 10.1 Å². The lowest BCUT2D eigenvalue weighted by atomic mass is 9.63. The Morgan fingerprint density at radius 3 is 2.84 bits per heavy atom. The van der Waals surface area contributed by atoms with Crippen molar-refractivity contribution in [3.05, 3.63) is 11.3 Å². The Morgan fingerprint density at radius 1 is 1.52 bits per heavy atom. The molecule has 1 aromatic heterocycles. The maximum Gasteiger partial charge on any atom is 0.409 e. The number of aromatic amines is 1. The average molecular weight is 345 g/mol. The van der Waals surface area contributed by atoms with Gasteiger partial charge in [-0.2, -0.15) is 5.26 Å². The van der Waals surface area contributed by atoms with Gasteiger partial charge in [0.2, 0.25) is 11.8 Å². The number of fused-ring (bicyclic) bond motifs is 2. The van der Waals surface area contributed by atoms with Crippen LogP contribution in [0.15, 0.2) is 0 Å². The highest BCUT2D eigenvalue weighted by Crippen LogP contribution is 2.50. The highest BCUT2D eigenvalue weighted by Gasteiger charge is 2.53. The normalized spacial score (nSPS) is 21.4. The zero-order chi connectivity index (χ0) is 18.0. The number of aromatic nitrogens is 2. The van der Waals surface area contributed by atoms with Gasteiger partial charge in [0.15, 0.2) is 0 Å². The van der Waals surface area contributed by atoms with E-state index in [1.807, 2.05) is 0 Å². The Labute approximate surface area is 146 Å². The first-order valence-electron chi connectivity index (χ1n) is 8.72. The number of nitrogens with one attached hydrogen (secondary N) is 2. The standard InChI is InChI=1S/C17H23N5O3/c1-3-5-12-13-15(21-20-12)25-14(19)11(10-18)17(13)6-8-22(9-7-17)16(23)24-4-2/h11,19H,3-9H2,1-2H3,(H,20,21). The molecule has 2 N–H and O–H groups in total. The minimum atomic E-state index is -0.669. The first-order chi connectivity index (χ1) is 12.1. The van der Waals surface area contributed by atoms with Gasteiger partial charge in [-0.15, -0.1) is 5.10 Å². The molecule has 0 aliphatic carbocycles. The minimum Gasteiger partial charge on any atom is -0.450 e. The molecule has 0 aromatic carbocycles. The summed E-state index contributed by atoms with van der Waals surface area (Å²) in [7, 11) is 0. The van der Waals surface area contributed by atoms with Crippen LogP contribution >= 0.6 is 0 Å². The molecule has 1 saturated heterocycles. The number of hydrogen-bond acceptors (Lipinski definition) is 6. The van der Waals surface area contributed by atoms with Crippen LogP contribution in [0.5, 0.6) is 5.88 Å². The van der Waals surface area contributed by atoms with Gasteiger partial charge in [0.1, 0.15) is 5.92 Å². The first kappa shape index (κ1) is 17.3. The average Bonchev–Trinajstić information content (AvgIpc) is 2.99. The summed E-state index contributed by atoms with van der Waals surface area (Å²) in [5, 5.41) is 25.1.